The quantitative estimate of drug-likeness (QED) is 0.650. The van der Waals surface area contributed by atoms with Crippen LogP contribution >= 0.6 is 0 Å². The molecule has 0 saturated carbocycles. The van der Waals surface area contributed by atoms with Gasteiger partial charge in [-0.05, 0) is 37.1 Å². The molecule has 0 spiro atoms. The highest BCUT2D eigenvalue weighted by molar-refractivity contribution is 7.47. The first-order chi connectivity index (χ1) is 5.15. The van der Waals surface area contributed by atoms with E-state index in [1.165, 1.54) is 11.1 Å². The fourth-order valence-corrected chi connectivity index (χ4v) is 1.06. The van der Waals surface area contributed by atoms with Gasteiger partial charge in [0.25, 0.3) is 0 Å². The maximum atomic E-state index is 5.64. The Kier molecular flexibility index (Phi) is 2.19. The molecular formula is C8H10N2S. The number of aryl methyl sites for hydroxylation is 2. The molecule has 0 unspecified atom stereocenters. The number of rotatable bonds is 1. The first-order valence-electron chi connectivity index (χ1n) is 3.35. The van der Waals surface area contributed by atoms with Gasteiger partial charge in [-0.2, -0.15) is 4.36 Å². The lowest BCUT2D eigenvalue weighted by Gasteiger charge is -2.03. The van der Waals surface area contributed by atoms with E-state index in [-0.39, 0.29) is 0 Å². The Hall–Kier alpha value is -0.960. The topological polar surface area (TPSA) is 38.4 Å². The van der Waals surface area contributed by atoms with Gasteiger partial charge in [0.2, 0.25) is 0 Å². The summed E-state index contributed by atoms with van der Waals surface area (Å²) in [5.41, 5.74) is 9.33. The molecule has 0 aliphatic rings. The van der Waals surface area contributed by atoms with E-state index in [2.05, 4.69) is 16.8 Å². The Morgan fingerprint density at radius 2 is 1.82 bits per heavy atom. The molecule has 0 radical (unpaired) electrons. The summed E-state index contributed by atoms with van der Waals surface area (Å²) in [5, 5.41) is 0. The molecule has 0 aromatic heterocycles. The van der Waals surface area contributed by atoms with Crippen LogP contribution in [0.25, 0.3) is 0 Å². The molecule has 1 rings (SSSR count). The van der Waals surface area contributed by atoms with Crippen LogP contribution in [0.3, 0.4) is 0 Å². The van der Waals surface area contributed by atoms with Gasteiger partial charge in [0, 0.05) is 12.4 Å². The smallest absolute Gasteiger partial charge is 0.100 e. The molecule has 1 aromatic carbocycles. The van der Waals surface area contributed by atoms with E-state index in [0.717, 1.165) is 0 Å². The van der Waals surface area contributed by atoms with Gasteiger partial charge in [-0.25, -0.2) is 0 Å². The lowest BCUT2D eigenvalue weighted by molar-refractivity contribution is 1.33. The molecule has 0 aliphatic carbocycles. The molecule has 0 aliphatic heterocycles. The number of hydrogen-bond acceptors (Lipinski definition) is 3. The van der Waals surface area contributed by atoms with Crippen LogP contribution in [-0.4, -0.2) is 0 Å². The molecule has 3 heteroatoms. The first kappa shape index (κ1) is 8.14. The third-order valence-corrected chi connectivity index (χ3v) is 1.94. The summed E-state index contributed by atoms with van der Waals surface area (Å²) in [6.07, 6.45) is 0. The van der Waals surface area contributed by atoms with Gasteiger partial charge in [0.15, 0.2) is 0 Å². The van der Waals surface area contributed by atoms with Crippen molar-refractivity contribution in [1.82, 2.24) is 0 Å². The maximum Gasteiger partial charge on any atom is 0.100 e. The zero-order chi connectivity index (χ0) is 8.43. The summed E-state index contributed by atoms with van der Waals surface area (Å²) in [7, 11) is 0. The standard InChI is InChI=1S/C8H10N2S/c1-5-3-7(9)8(10-11)4-6(5)2/h3-4H,9H2,1-2H3. The van der Waals surface area contributed by atoms with Gasteiger partial charge in [0.1, 0.15) is 5.69 Å². The fraction of sp³-hybridized carbons (Fsp3) is 0.250. The van der Waals surface area contributed by atoms with Crippen LogP contribution < -0.4 is 5.73 Å². The first-order valence-corrected chi connectivity index (χ1v) is 3.71. The summed E-state index contributed by atoms with van der Waals surface area (Å²) in [5.74, 6) is 0. The third kappa shape index (κ3) is 1.54. The van der Waals surface area contributed by atoms with E-state index in [1.54, 1.807) is 0 Å². The minimum Gasteiger partial charge on any atom is -0.397 e. The molecular weight excluding hydrogens is 156 g/mol. The van der Waals surface area contributed by atoms with Crippen LogP contribution in [0.5, 0.6) is 0 Å². The van der Waals surface area contributed by atoms with Crippen molar-refractivity contribution in [2.75, 3.05) is 5.73 Å². The minimum atomic E-state index is 0.656. The number of benzene rings is 1. The van der Waals surface area contributed by atoms with Crippen molar-refractivity contribution in [2.45, 2.75) is 13.8 Å². The minimum absolute atomic E-state index is 0.656. The summed E-state index contributed by atoms with van der Waals surface area (Å²) >= 11 is 4.55. The Morgan fingerprint density at radius 3 is 2.36 bits per heavy atom. The van der Waals surface area contributed by atoms with Gasteiger partial charge in [-0.15, -0.1) is 0 Å². The van der Waals surface area contributed by atoms with Crippen molar-refractivity contribution in [3.63, 3.8) is 0 Å². The van der Waals surface area contributed by atoms with E-state index in [4.69, 9.17) is 5.73 Å². The van der Waals surface area contributed by atoms with E-state index in [0.29, 0.717) is 11.4 Å². The molecule has 0 bridgehead atoms. The highest BCUT2D eigenvalue weighted by Crippen LogP contribution is 2.24. The van der Waals surface area contributed by atoms with Crippen LogP contribution in [0, 0.1) is 13.8 Å². The van der Waals surface area contributed by atoms with Gasteiger partial charge in [0.05, 0.1) is 5.69 Å². The molecule has 2 nitrogen and oxygen atoms in total. The monoisotopic (exact) mass is 166 g/mol. The molecule has 0 fully saturated rings. The predicted octanol–water partition coefficient (Wildman–Crippen LogP) is 2.25. The lowest BCUT2D eigenvalue weighted by atomic mass is 10.1. The summed E-state index contributed by atoms with van der Waals surface area (Å²) < 4.78 is 3.63. The van der Waals surface area contributed by atoms with E-state index in [9.17, 15) is 0 Å². The Morgan fingerprint density at radius 1 is 1.27 bits per heavy atom. The second-order valence-electron chi connectivity index (χ2n) is 2.59. The number of nitrogens with two attached hydrogens (primary N) is 1. The van der Waals surface area contributed by atoms with Crippen LogP contribution in [0.4, 0.5) is 11.4 Å². The van der Waals surface area contributed by atoms with Crippen molar-refractivity contribution >= 4 is 23.8 Å². The molecule has 0 heterocycles. The van der Waals surface area contributed by atoms with Crippen LogP contribution in [-0.2, 0) is 12.4 Å². The zero-order valence-electron chi connectivity index (χ0n) is 6.59. The molecule has 0 atom stereocenters. The molecule has 0 amide bonds. The number of anilines is 1. The van der Waals surface area contributed by atoms with Crippen LogP contribution in [0.1, 0.15) is 11.1 Å². The molecule has 2 N–H and O–H groups in total. The second-order valence-corrected chi connectivity index (χ2v) is 2.77. The van der Waals surface area contributed by atoms with Gasteiger partial charge >= 0.3 is 0 Å². The largest absolute Gasteiger partial charge is 0.397 e. The van der Waals surface area contributed by atoms with E-state index < -0.39 is 0 Å². The molecule has 1 aromatic rings. The maximum absolute atomic E-state index is 5.64. The van der Waals surface area contributed by atoms with Gasteiger partial charge in [-0.3, -0.25) is 0 Å². The Bertz CT molecular complexity index is 294. The van der Waals surface area contributed by atoms with Crippen molar-refractivity contribution in [1.29, 1.82) is 0 Å². The highest BCUT2D eigenvalue weighted by Gasteiger charge is 1.99. The van der Waals surface area contributed by atoms with Gasteiger partial charge < -0.3 is 5.73 Å². The van der Waals surface area contributed by atoms with E-state index >= 15 is 0 Å². The Balaban J connectivity index is 3.31. The zero-order valence-corrected chi connectivity index (χ0v) is 7.40. The third-order valence-electron chi connectivity index (χ3n) is 1.74. The average Bonchev–Trinajstić information content (AvgIpc) is 1.97. The number of hydrogen-bond donors (Lipinski definition) is 1. The normalized spacial score (nSPS) is 9.64. The summed E-state index contributed by atoms with van der Waals surface area (Å²) in [6.45, 7) is 4.03. The highest BCUT2D eigenvalue weighted by atomic mass is 32.1. The SMILES string of the molecule is Cc1cc(N)c(N=S)cc1C. The second kappa shape index (κ2) is 2.96. The lowest BCUT2D eigenvalue weighted by Crippen LogP contribution is -1.88. The molecule has 0 saturated heterocycles. The number of nitrogen functional groups attached to an aromatic ring is 1. The van der Waals surface area contributed by atoms with Crippen LogP contribution in [0.15, 0.2) is 16.5 Å². The van der Waals surface area contributed by atoms with Crippen molar-refractivity contribution in [2.24, 2.45) is 4.36 Å². The van der Waals surface area contributed by atoms with Gasteiger partial charge in [-0.1, -0.05) is 0 Å². The van der Waals surface area contributed by atoms with Crippen molar-refractivity contribution < 1.29 is 0 Å². The summed E-state index contributed by atoms with van der Waals surface area (Å²) in [6, 6.07) is 3.79. The summed E-state index contributed by atoms with van der Waals surface area (Å²) in [4.78, 5) is 0. The van der Waals surface area contributed by atoms with E-state index in [1.807, 2.05) is 26.0 Å². The number of nitrogens with zero attached hydrogens (tertiary/aromatic N) is 1. The molecule has 58 valence electrons. The molecule has 11 heavy (non-hydrogen) atoms. The Labute approximate surface area is 71.6 Å². The van der Waals surface area contributed by atoms with Crippen LogP contribution in [0.2, 0.25) is 0 Å². The van der Waals surface area contributed by atoms with Crippen molar-refractivity contribution in [3.05, 3.63) is 23.3 Å². The average molecular weight is 166 g/mol. The van der Waals surface area contributed by atoms with Crippen molar-refractivity contribution in [3.8, 4) is 0 Å². The predicted molar refractivity (Wildman–Crippen MR) is 49.8 cm³/mol. The fourth-order valence-electron chi connectivity index (χ4n) is 0.902.